The number of para-hydroxylation sites is 1. The summed E-state index contributed by atoms with van der Waals surface area (Å²) in [4.78, 5) is 16.8. The van der Waals surface area contributed by atoms with E-state index in [4.69, 9.17) is 4.74 Å². The summed E-state index contributed by atoms with van der Waals surface area (Å²) in [5.74, 6) is 1.47. The smallest absolute Gasteiger partial charge is 0.255 e. The number of benzene rings is 1. The second-order valence-electron chi connectivity index (χ2n) is 7.19. The Morgan fingerprint density at radius 1 is 1.30 bits per heavy atom. The number of likely N-dealkylation sites (tertiary alicyclic amines) is 1. The summed E-state index contributed by atoms with van der Waals surface area (Å²) < 4.78 is 5.46. The predicted molar refractivity (Wildman–Crippen MR) is 105 cm³/mol. The highest BCUT2D eigenvalue weighted by Crippen LogP contribution is 2.21. The molecule has 1 saturated heterocycles. The summed E-state index contributed by atoms with van der Waals surface area (Å²) in [7, 11) is 3.59. The average molecular weight is 368 g/mol. The highest BCUT2D eigenvalue weighted by molar-refractivity contribution is 5.93. The SMILES string of the molecule is COc1ccccc1CCN1CCC[C@H](CN(C)C(=O)c2ccnnc2)C1. The van der Waals surface area contributed by atoms with Crippen LogP contribution in [-0.4, -0.2) is 66.2 Å². The molecule has 1 atom stereocenters. The molecule has 27 heavy (non-hydrogen) atoms. The standard InChI is InChI=1S/C21H28N4O2/c1-24(21(26)19-9-11-22-23-14-19)15-17-6-5-12-25(16-17)13-10-18-7-3-4-8-20(18)27-2/h3-4,7-9,11,14,17H,5-6,10,12-13,15-16H2,1-2H3/t17-/m1/s1. The summed E-state index contributed by atoms with van der Waals surface area (Å²) >= 11 is 0. The number of piperidine rings is 1. The lowest BCUT2D eigenvalue weighted by Crippen LogP contribution is -2.42. The lowest BCUT2D eigenvalue weighted by atomic mass is 9.96. The van der Waals surface area contributed by atoms with Crippen molar-refractivity contribution in [2.75, 3.05) is 40.3 Å². The van der Waals surface area contributed by atoms with Gasteiger partial charge in [-0.25, -0.2) is 0 Å². The normalized spacial score (nSPS) is 17.5. The van der Waals surface area contributed by atoms with E-state index < -0.39 is 0 Å². The third kappa shape index (κ3) is 5.26. The molecule has 1 fully saturated rings. The van der Waals surface area contributed by atoms with Gasteiger partial charge in [-0.3, -0.25) is 4.79 Å². The van der Waals surface area contributed by atoms with Crippen LogP contribution in [0.25, 0.3) is 0 Å². The van der Waals surface area contributed by atoms with E-state index >= 15 is 0 Å². The van der Waals surface area contributed by atoms with E-state index in [1.54, 1.807) is 19.4 Å². The zero-order valence-electron chi connectivity index (χ0n) is 16.2. The Labute approximate surface area is 161 Å². The fraction of sp³-hybridized carbons (Fsp3) is 0.476. The summed E-state index contributed by atoms with van der Waals surface area (Å²) in [5, 5.41) is 7.53. The van der Waals surface area contributed by atoms with Gasteiger partial charge in [0, 0.05) is 26.7 Å². The van der Waals surface area contributed by atoms with E-state index in [2.05, 4.69) is 27.2 Å². The molecule has 2 heterocycles. The van der Waals surface area contributed by atoms with Gasteiger partial charge in [0.25, 0.3) is 5.91 Å². The third-order valence-corrected chi connectivity index (χ3v) is 5.20. The maximum atomic E-state index is 12.5. The van der Waals surface area contributed by atoms with Crippen LogP contribution in [0.4, 0.5) is 0 Å². The number of ether oxygens (including phenoxy) is 1. The van der Waals surface area contributed by atoms with Gasteiger partial charge in [0.05, 0.1) is 25.1 Å². The Morgan fingerprint density at radius 3 is 2.93 bits per heavy atom. The molecule has 0 spiro atoms. The van der Waals surface area contributed by atoms with Crippen molar-refractivity contribution in [3.63, 3.8) is 0 Å². The van der Waals surface area contributed by atoms with Crippen molar-refractivity contribution in [3.05, 3.63) is 53.9 Å². The fourth-order valence-electron chi connectivity index (χ4n) is 3.80. The van der Waals surface area contributed by atoms with Gasteiger partial charge in [0.1, 0.15) is 5.75 Å². The molecule has 1 aromatic carbocycles. The number of hydrogen-bond acceptors (Lipinski definition) is 5. The highest BCUT2D eigenvalue weighted by Gasteiger charge is 2.23. The van der Waals surface area contributed by atoms with E-state index in [0.29, 0.717) is 11.5 Å². The Bertz CT molecular complexity index is 738. The quantitative estimate of drug-likeness (QED) is 0.752. The van der Waals surface area contributed by atoms with E-state index in [0.717, 1.165) is 44.8 Å². The van der Waals surface area contributed by atoms with E-state index in [1.165, 1.54) is 18.2 Å². The molecule has 0 radical (unpaired) electrons. The lowest BCUT2D eigenvalue weighted by Gasteiger charge is -2.34. The molecule has 0 saturated carbocycles. The minimum Gasteiger partial charge on any atom is -0.496 e. The first-order chi connectivity index (χ1) is 13.2. The molecule has 1 aromatic heterocycles. The van der Waals surface area contributed by atoms with Crippen molar-refractivity contribution >= 4 is 5.91 Å². The molecule has 0 unspecified atom stereocenters. The maximum absolute atomic E-state index is 12.5. The minimum atomic E-state index is 0.0102. The number of aromatic nitrogens is 2. The van der Waals surface area contributed by atoms with Gasteiger partial charge >= 0.3 is 0 Å². The van der Waals surface area contributed by atoms with Gasteiger partial charge in [-0.15, -0.1) is 0 Å². The largest absolute Gasteiger partial charge is 0.496 e. The monoisotopic (exact) mass is 368 g/mol. The van der Waals surface area contributed by atoms with Crippen LogP contribution in [0.1, 0.15) is 28.8 Å². The van der Waals surface area contributed by atoms with Crippen LogP contribution >= 0.6 is 0 Å². The molecule has 0 N–H and O–H groups in total. The van der Waals surface area contributed by atoms with Crippen LogP contribution in [0.3, 0.4) is 0 Å². The fourth-order valence-corrected chi connectivity index (χ4v) is 3.80. The van der Waals surface area contributed by atoms with Gasteiger partial charge in [0.15, 0.2) is 0 Å². The molecular formula is C21H28N4O2. The highest BCUT2D eigenvalue weighted by atomic mass is 16.5. The average Bonchev–Trinajstić information content (AvgIpc) is 2.72. The number of rotatable bonds is 7. The van der Waals surface area contributed by atoms with Gasteiger partial charge in [0.2, 0.25) is 0 Å². The van der Waals surface area contributed by atoms with E-state index in [1.807, 2.05) is 24.1 Å². The molecule has 0 aliphatic carbocycles. The molecule has 144 valence electrons. The van der Waals surface area contributed by atoms with Crippen LogP contribution in [0, 0.1) is 5.92 Å². The number of nitrogens with zero attached hydrogens (tertiary/aromatic N) is 4. The molecule has 1 aliphatic heterocycles. The predicted octanol–water partition coefficient (Wildman–Crippen LogP) is 2.51. The minimum absolute atomic E-state index is 0.0102. The molecular weight excluding hydrogens is 340 g/mol. The number of carbonyl (C=O) groups is 1. The third-order valence-electron chi connectivity index (χ3n) is 5.20. The first-order valence-corrected chi connectivity index (χ1v) is 9.53. The molecule has 1 aliphatic rings. The Kier molecular flexibility index (Phi) is 6.76. The summed E-state index contributed by atoms with van der Waals surface area (Å²) in [6, 6.07) is 9.93. The van der Waals surface area contributed by atoms with Crippen molar-refractivity contribution in [3.8, 4) is 5.75 Å². The zero-order chi connectivity index (χ0) is 19.1. The van der Waals surface area contributed by atoms with Crippen LogP contribution < -0.4 is 4.74 Å². The maximum Gasteiger partial charge on any atom is 0.255 e. The van der Waals surface area contributed by atoms with Crippen LogP contribution in [0.2, 0.25) is 0 Å². The first-order valence-electron chi connectivity index (χ1n) is 9.53. The summed E-state index contributed by atoms with van der Waals surface area (Å²) in [6.07, 6.45) is 6.40. The second-order valence-corrected chi connectivity index (χ2v) is 7.19. The lowest BCUT2D eigenvalue weighted by molar-refractivity contribution is 0.0729. The van der Waals surface area contributed by atoms with Crippen molar-refractivity contribution in [2.24, 2.45) is 5.92 Å². The molecule has 6 heteroatoms. The van der Waals surface area contributed by atoms with Crippen LogP contribution in [-0.2, 0) is 6.42 Å². The Hall–Kier alpha value is -2.47. The van der Waals surface area contributed by atoms with Gasteiger partial charge in [-0.05, 0) is 49.4 Å². The van der Waals surface area contributed by atoms with Crippen LogP contribution in [0.15, 0.2) is 42.7 Å². The molecule has 1 amide bonds. The van der Waals surface area contributed by atoms with Crippen LogP contribution in [0.5, 0.6) is 5.75 Å². The van der Waals surface area contributed by atoms with Crippen molar-refractivity contribution < 1.29 is 9.53 Å². The molecule has 6 nitrogen and oxygen atoms in total. The van der Waals surface area contributed by atoms with Crippen molar-refractivity contribution in [2.45, 2.75) is 19.3 Å². The number of carbonyl (C=O) groups excluding carboxylic acids is 1. The van der Waals surface area contributed by atoms with Gasteiger partial charge in [-0.1, -0.05) is 18.2 Å². The van der Waals surface area contributed by atoms with E-state index in [9.17, 15) is 4.79 Å². The van der Waals surface area contributed by atoms with Gasteiger partial charge < -0.3 is 14.5 Å². The summed E-state index contributed by atoms with van der Waals surface area (Å²) in [5.41, 5.74) is 1.84. The van der Waals surface area contributed by atoms with Crippen molar-refractivity contribution in [1.82, 2.24) is 20.0 Å². The molecule has 0 bridgehead atoms. The Balaban J connectivity index is 1.51. The van der Waals surface area contributed by atoms with Crippen molar-refractivity contribution in [1.29, 1.82) is 0 Å². The topological polar surface area (TPSA) is 58.6 Å². The molecule has 2 aromatic rings. The Morgan fingerprint density at radius 2 is 2.15 bits per heavy atom. The number of methoxy groups -OCH3 is 1. The molecule has 3 rings (SSSR count). The van der Waals surface area contributed by atoms with Gasteiger partial charge in [-0.2, -0.15) is 10.2 Å². The summed E-state index contributed by atoms with van der Waals surface area (Å²) in [6.45, 7) is 3.94. The zero-order valence-corrected chi connectivity index (χ0v) is 16.2. The number of amides is 1. The van der Waals surface area contributed by atoms with E-state index in [-0.39, 0.29) is 5.91 Å². The second kappa shape index (κ2) is 9.46. The first kappa shape index (κ1) is 19.3. The number of hydrogen-bond donors (Lipinski definition) is 0.